The maximum atomic E-state index is 14.0. The van der Waals surface area contributed by atoms with Crippen molar-refractivity contribution in [2.75, 3.05) is 20.1 Å². The minimum atomic E-state index is -0.183. The van der Waals surface area contributed by atoms with E-state index in [2.05, 4.69) is 41.6 Å². The molecule has 0 fully saturated rings. The van der Waals surface area contributed by atoms with Crippen LogP contribution in [0, 0.1) is 12.7 Å². The molecule has 0 N–H and O–H groups in total. The Bertz CT molecular complexity index is 952. The standard InChI is InChI=1S/C22H23FN2/c1-16-7-8-21-19(15-16)18-10-12-24(2)13-11-22(18)25(21)14-9-17-5-3-4-6-20(17)23/h3-9,14-15H,10-13H2,1-2H3/b14-9+. The summed E-state index contributed by atoms with van der Waals surface area (Å²) in [6.45, 7) is 4.27. The van der Waals surface area contributed by atoms with Gasteiger partial charge in [-0.2, -0.15) is 0 Å². The van der Waals surface area contributed by atoms with Gasteiger partial charge in [-0.25, -0.2) is 4.39 Å². The van der Waals surface area contributed by atoms with Gasteiger partial charge in [0.1, 0.15) is 5.82 Å². The van der Waals surface area contributed by atoms with Crippen molar-refractivity contribution in [2.24, 2.45) is 0 Å². The molecule has 25 heavy (non-hydrogen) atoms. The Labute approximate surface area is 148 Å². The lowest BCUT2D eigenvalue weighted by molar-refractivity contribution is 0.351. The predicted octanol–water partition coefficient (Wildman–Crippen LogP) is 4.75. The molecule has 3 heteroatoms. The molecular formula is C22H23FN2. The van der Waals surface area contributed by atoms with Crippen LogP contribution in [0.3, 0.4) is 0 Å². The normalized spacial score (nSPS) is 15.6. The number of hydrogen-bond acceptors (Lipinski definition) is 1. The van der Waals surface area contributed by atoms with Gasteiger partial charge < -0.3 is 9.47 Å². The lowest BCUT2D eigenvalue weighted by atomic mass is 10.1. The van der Waals surface area contributed by atoms with Crippen LogP contribution in [-0.4, -0.2) is 29.6 Å². The summed E-state index contributed by atoms with van der Waals surface area (Å²) < 4.78 is 16.2. The number of halogens is 1. The van der Waals surface area contributed by atoms with Crippen LogP contribution < -0.4 is 0 Å². The smallest absolute Gasteiger partial charge is 0.130 e. The summed E-state index contributed by atoms with van der Waals surface area (Å²) in [6.07, 6.45) is 5.98. The molecule has 4 rings (SSSR count). The Morgan fingerprint density at radius 1 is 1.04 bits per heavy atom. The molecule has 1 aliphatic rings. The largest absolute Gasteiger partial charge is 0.320 e. The van der Waals surface area contributed by atoms with Crippen LogP contribution in [0.2, 0.25) is 0 Å². The van der Waals surface area contributed by atoms with E-state index in [1.54, 1.807) is 6.07 Å². The number of aromatic nitrogens is 1. The number of benzene rings is 2. The van der Waals surface area contributed by atoms with E-state index in [-0.39, 0.29) is 5.82 Å². The highest BCUT2D eigenvalue weighted by atomic mass is 19.1. The zero-order valence-electron chi connectivity index (χ0n) is 14.8. The average molecular weight is 334 g/mol. The maximum absolute atomic E-state index is 14.0. The van der Waals surface area contributed by atoms with E-state index in [0.29, 0.717) is 5.56 Å². The molecular weight excluding hydrogens is 311 g/mol. The Morgan fingerprint density at radius 3 is 2.68 bits per heavy atom. The van der Waals surface area contributed by atoms with Crippen LogP contribution >= 0.6 is 0 Å². The summed E-state index contributed by atoms with van der Waals surface area (Å²) in [5, 5.41) is 1.34. The lowest BCUT2D eigenvalue weighted by Gasteiger charge is -2.12. The molecule has 128 valence electrons. The first-order chi connectivity index (χ1) is 12.1. The number of likely N-dealkylation sites (N-methyl/N-ethyl adjacent to an activating group) is 1. The highest BCUT2D eigenvalue weighted by molar-refractivity contribution is 5.89. The SMILES string of the molecule is Cc1ccc2c(c1)c1c(n2/C=C/c2ccccc2F)CCN(C)CC1. The molecule has 0 atom stereocenters. The fourth-order valence-electron chi connectivity index (χ4n) is 3.74. The molecule has 0 amide bonds. The van der Waals surface area contributed by atoms with E-state index in [0.717, 1.165) is 25.9 Å². The van der Waals surface area contributed by atoms with Crippen LogP contribution in [0.5, 0.6) is 0 Å². The fourth-order valence-corrected chi connectivity index (χ4v) is 3.74. The summed E-state index contributed by atoms with van der Waals surface area (Å²) in [6, 6.07) is 13.5. The molecule has 1 aliphatic heterocycles. The van der Waals surface area contributed by atoms with Crippen LogP contribution in [0.1, 0.15) is 22.4 Å². The van der Waals surface area contributed by atoms with Crippen molar-refractivity contribution in [3.05, 3.63) is 70.7 Å². The molecule has 0 radical (unpaired) electrons. The summed E-state index contributed by atoms with van der Waals surface area (Å²) >= 11 is 0. The molecule has 3 aromatic rings. The van der Waals surface area contributed by atoms with E-state index >= 15 is 0 Å². The van der Waals surface area contributed by atoms with Gasteiger partial charge in [-0.3, -0.25) is 0 Å². The molecule has 0 saturated carbocycles. The second-order valence-corrected chi connectivity index (χ2v) is 6.96. The van der Waals surface area contributed by atoms with Gasteiger partial charge in [-0.15, -0.1) is 0 Å². The second kappa shape index (κ2) is 6.49. The summed E-state index contributed by atoms with van der Waals surface area (Å²) in [5.74, 6) is -0.183. The quantitative estimate of drug-likeness (QED) is 0.657. The number of hydrogen-bond donors (Lipinski definition) is 0. The van der Waals surface area contributed by atoms with Crippen molar-refractivity contribution in [2.45, 2.75) is 19.8 Å². The average Bonchev–Trinajstić information content (AvgIpc) is 2.74. The molecule has 0 saturated heterocycles. The molecule has 0 unspecified atom stereocenters. The van der Waals surface area contributed by atoms with Gasteiger partial charge in [-0.1, -0.05) is 29.8 Å². The zero-order chi connectivity index (χ0) is 17.4. The monoisotopic (exact) mass is 334 g/mol. The van der Waals surface area contributed by atoms with Crippen LogP contribution in [0.4, 0.5) is 4.39 Å². The van der Waals surface area contributed by atoms with Gasteiger partial charge in [0.05, 0.1) is 5.52 Å². The van der Waals surface area contributed by atoms with Gasteiger partial charge in [0, 0.05) is 42.4 Å². The molecule has 0 bridgehead atoms. The van der Waals surface area contributed by atoms with Crippen molar-refractivity contribution < 1.29 is 4.39 Å². The lowest BCUT2D eigenvalue weighted by Crippen LogP contribution is -2.21. The molecule has 2 heterocycles. The summed E-state index contributed by atoms with van der Waals surface area (Å²) in [5.41, 5.74) is 5.92. The Morgan fingerprint density at radius 2 is 1.84 bits per heavy atom. The highest BCUT2D eigenvalue weighted by Crippen LogP contribution is 2.30. The minimum absolute atomic E-state index is 0.183. The van der Waals surface area contributed by atoms with Crippen molar-refractivity contribution >= 4 is 23.2 Å². The Hall–Kier alpha value is -2.39. The molecule has 2 aromatic carbocycles. The molecule has 0 aliphatic carbocycles. The fraction of sp³-hybridized carbons (Fsp3) is 0.273. The van der Waals surface area contributed by atoms with E-state index < -0.39 is 0 Å². The molecule has 0 spiro atoms. The van der Waals surface area contributed by atoms with Crippen LogP contribution in [0.25, 0.3) is 23.2 Å². The van der Waals surface area contributed by atoms with Crippen molar-refractivity contribution in [3.8, 4) is 0 Å². The Balaban J connectivity index is 1.87. The summed E-state index contributed by atoms with van der Waals surface area (Å²) in [4.78, 5) is 2.38. The van der Waals surface area contributed by atoms with E-state index in [1.807, 2.05) is 24.4 Å². The van der Waals surface area contributed by atoms with Crippen molar-refractivity contribution in [1.29, 1.82) is 0 Å². The number of nitrogens with zero attached hydrogens (tertiary/aromatic N) is 2. The van der Waals surface area contributed by atoms with Crippen molar-refractivity contribution in [1.82, 2.24) is 9.47 Å². The van der Waals surface area contributed by atoms with Crippen LogP contribution in [0.15, 0.2) is 42.5 Å². The topological polar surface area (TPSA) is 8.17 Å². The van der Waals surface area contributed by atoms with Gasteiger partial charge in [0.15, 0.2) is 0 Å². The van der Waals surface area contributed by atoms with Gasteiger partial charge in [-0.05, 0) is 50.2 Å². The Kier molecular flexibility index (Phi) is 4.18. The van der Waals surface area contributed by atoms with E-state index in [9.17, 15) is 4.39 Å². The number of rotatable bonds is 2. The third-order valence-corrected chi connectivity index (χ3v) is 5.16. The molecule has 2 nitrogen and oxygen atoms in total. The van der Waals surface area contributed by atoms with Crippen LogP contribution in [-0.2, 0) is 12.8 Å². The first-order valence-electron chi connectivity index (χ1n) is 8.87. The first-order valence-corrected chi connectivity index (χ1v) is 8.87. The van der Waals surface area contributed by atoms with E-state index in [4.69, 9.17) is 0 Å². The van der Waals surface area contributed by atoms with Gasteiger partial charge in [0.25, 0.3) is 0 Å². The van der Waals surface area contributed by atoms with E-state index in [1.165, 1.54) is 33.8 Å². The molecule has 1 aromatic heterocycles. The van der Waals surface area contributed by atoms with Crippen molar-refractivity contribution in [3.63, 3.8) is 0 Å². The second-order valence-electron chi connectivity index (χ2n) is 6.96. The zero-order valence-corrected chi connectivity index (χ0v) is 14.8. The maximum Gasteiger partial charge on any atom is 0.130 e. The third kappa shape index (κ3) is 3.00. The first kappa shape index (κ1) is 16.1. The highest BCUT2D eigenvalue weighted by Gasteiger charge is 2.19. The number of fused-ring (bicyclic) bond motifs is 3. The summed E-state index contributed by atoms with van der Waals surface area (Å²) in [7, 11) is 2.18. The van der Waals surface area contributed by atoms with Gasteiger partial charge in [0.2, 0.25) is 0 Å². The number of aryl methyl sites for hydroxylation is 1. The van der Waals surface area contributed by atoms with Gasteiger partial charge >= 0.3 is 0 Å². The predicted molar refractivity (Wildman–Crippen MR) is 103 cm³/mol. The minimum Gasteiger partial charge on any atom is -0.320 e. The third-order valence-electron chi connectivity index (χ3n) is 5.16.